The fourth-order valence-electron chi connectivity index (χ4n) is 2.18. The second-order valence-corrected chi connectivity index (χ2v) is 6.20. The van der Waals surface area contributed by atoms with E-state index in [9.17, 15) is 9.59 Å². The van der Waals surface area contributed by atoms with Crippen LogP contribution in [0.3, 0.4) is 0 Å². The molecule has 3 rings (SSSR count). The number of carboxylic acids is 1. The second kappa shape index (κ2) is 5.87. The van der Waals surface area contributed by atoms with E-state index in [-0.39, 0.29) is 5.78 Å². The maximum absolute atomic E-state index is 12.4. The molecule has 0 bridgehead atoms. The van der Waals surface area contributed by atoms with Crippen LogP contribution in [0, 0.1) is 0 Å². The van der Waals surface area contributed by atoms with Crippen LogP contribution in [0.4, 0.5) is 0 Å². The van der Waals surface area contributed by atoms with Crippen molar-refractivity contribution in [3.8, 4) is 5.75 Å². The number of benzene rings is 2. The van der Waals surface area contributed by atoms with Crippen molar-refractivity contribution in [2.45, 2.75) is 18.4 Å². The largest absolute Gasteiger partial charge is 0.478 e. The molecule has 4 nitrogen and oxygen atoms in total. The van der Waals surface area contributed by atoms with Crippen molar-refractivity contribution in [2.75, 3.05) is 0 Å². The fraction of sp³-hybridized carbons (Fsp3) is 0.176. The maximum Gasteiger partial charge on any atom is 0.348 e. The molecule has 0 heterocycles. The average molecular weight is 351 g/mol. The van der Waals surface area contributed by atoms with Crippen LogP contribution >= 0.6 is 23.2 Å². The van der Waals surface area contributed by atoms with E-state index in [1.54, 1.807) is 36.4 Å². The van der Waals surface area contributed by atoms with Gasteiger partial charge in [0.25, 0.3) is 0 Å². The predicted octanol–water partition coefficient (Wildman–Crippen LogP) is 4.22. The summed E-state index contributed by atoms with van der Waals surface area (Å²) in [6.07, 6.45) is 0.985. The summed E-state index contributed by atoms with van der Waals surface area (Å²) in [4.78, 5) is 23.5. The molecule has 1 saturated carbocycles. The molecule has 0 radical (unpaired) electrons. The zero-order chi connectivity index (χ0) is 16.6. The molecule has 0 saturated heterocycles. The Bertz CT molecular complexity index is 780. The molecule has 2 aromatic carbocycles. The first-order valence-electron chi connectivity index (χ1n) is 6.93. The highest BCUT2D eigenvalue weighted by atomic mass is 35.5. The first kappa shape index (κ1) is 15.8. The lowest BCUT2D eigenvalue weighted by atomic mass is 10.0. The first-order valence-corrected chi connectivity index (χ1v) is 7.69. The molecule has 1 aliphatic carbocycles. The lowest BCUT2D eigenvalue weighted by Gasteiger charge is -2.13. The zero-order valence-electron chi connectivity index (χ0n) is 11.9. The SMILES string of the molecule is O=C(c1ccc(OC2(C(=O)O)CC2)cc1)c1ccc(Cl)c(Cl)c1. The van der Waals surface area contributed by atoms with Crippen LogP contribution in [-0.2, 0) is 4.79 Å². The highest BCUT2D eigenvalue weighted by Gasteiger charge is 2.53. The van der Waals surface area contributed by atoms with Crippen molar-refractivity contribution >= 4 is 35.0 Å². The minimum Gasteiger partial charge on any atom is -0.478 e. The molecule has 0 aromatic heterocycles. The summed E-state index contributed by atoms with van der Waals surface area (Å²) in [5.41, 5.74) is -0.219. The first-order chi connectivity index (χ1) is 10.9. The number of aliphatic carboxylic acids is 1. The van der Waals surface area contributed by atoms with E-state index < -0.39 is 11.6 Å². The van der Waals surface area contributed by atoms with E-state index in [0.29, 0.717) is 39.8 Å². The minimum absolute atomic E-state index is 0.200. The lowest BCUT2D eigenvalue weighted by Crippen LogP contribution is -2.28. The Labute approximate surface area is 142 Å². The van der Waals surface area contributed by atoms with Gasteiger partial charge in [0.1, 0.15) is 5.75 Å². The summed E-state index contributed by atoms with van der Waals surface area (Å²) in [6.45, 7) is 0. The van der Waals surface area contributed by atoms with E-state index >= 15 is 0 Å². The van der Waals surface area contributed by atoms with Gasteiger partial charge in [-0.05, 0) is 42.5 Å². The third-order valence-corrected chi connectivity index (χ3v) is 4.44. The molecular weight excluding hydrogens is 339 g/mol. The molecule has 0 spiro atoms. The normalized spacial score (nSPS) is 15.0. The van der Waals surface area contributed by atoms with Gasteiger partial charge >= 0.3 is 5.97 Å². The lowest BCUT2D eigenvalue weighted by molar-refractivity contribution is -0.147. The van der Waals surface area contributed by atoms with Crippen LogP contribution in [0.5, 0.6) is 5.75 Å². The summed E-state index contributed by atoms with van der Waals surface area (Å²) in [5, 5.41) is 9.80. The molecule has 0 unspecified atom stereocenters. The summed E-state index contributed by atoms with van der Waals surface area (Å²) in [6, 6.07) is 11.1. The Hall–Kier alpha value is -2.04. The van der Waals surface area contributed by atoms with Crippen LogP contribution in [0.25, 0.3) is 0 Å². The van der Waals surface area contributed by atoms with Crippen molar-refractivity contribution in [2.24, 2.45) is 0 Å². The van der Waals surface area contributed by atoms with Gasteiger partial charge in [-0.15, -0.1) is 0 Å². The molecule has 118 valence electrons. The predicted molar refractivity (Wildman–Crippen MR) is 86.6 cm³/mol. The topological polar surface area (TPSA) is 63.6 Å². The van der Waals surface area contributed by atoms with Gasteiger partial charge in [0.05, 0.1) is 10.0 Å². The second-order valence-electron chi connectivity index (χ2n) is 5.38. The molecule has 23 heavy (non-hydrogen) atoms. The number of carbonyl (C=O) groups excluding carboxylic acids is 1. The third kappa shape index (κ3) is 3.19. The van der Waals surface area contributed by atoms with Gasteiger partial charge in [-0.2, -0.15) is 0 Å². The molecular formula is C17H12Cl2O4. The van der Waals surface area contributed by atoms with Crippen molar-refractivity contribution < 1.29 is 19.4 Å². The van der Waals surface area contributed by atoms with Crippen LogP contribution < -0.4 is 4.74 Å². The highest BCUT2D eigenvalue weighted by molar-refractivity contribution is 6.42. The third-order valence-electron chi connectivity index (χ3n) is 3.71. The van der Waals surface area contributed by atoms with Crippen LogP contribution in [0.1, 0.15) is 28.8 Å². The van der Waals surface area contributed by atoms with Gasteiger partial charge < -0.3 is 9.84 Å². The summed E-state index contributed by atoms with van der Waals surface area (Å²) < 4.78 is 5.50. The Morgan fingerprint density at radius 2 is 1.57 bits per heavy atom. The molecule has 1 N–H and O–H groups in total. The van der Waals surface area contributed by atoms with Crippen molar-refractivity contribution in [1.29, 1.82) is 0 Å². The quantitative estimate of drug-likeness (QED) is 0.820. The standard InChI is InChI=1S/C17H12Cl2O4/c18-13-6-3-11(9-14(13)19)15(20)10-1-4-12(5-2-10)23-17(7-8-17)16(21)22/h1-6,9H,7-8H2,(H,21,22). The molecule has 1 aliphatic rings. The van der Waals surface area contributed by atoms with Crippen LogP contribution in [0.2, 0.25) is 10.0 Å². The van der Waals surface area contributed by atoms with Gasteiger partial charge in [0, 0.05) is 24.0 Å². The highest BCUT2D eigenvalue weighted by Crippen LogP contribution is 2.40. The minimum atomic E-state index is -1.10. The number of hydrogen-bond acceptors (Lipinski definition) is 3. The zero-order valence-corrected chi connectivity index (χ0v) is 13.4. The monoisotopic (exact) mass is 350 g/mol. The number of hydrogen-bond donors (Lipinski definition) is 1. The molecule has 2 aromatic rings. The molecule has 0 amide bonds. The number of rotatable bonds is 5. The van der Waals surface area contributed by atoms with E-state index in [2.05, 4.69) is 0 Å². The fourth-order valence-corrected chi connectivity index (χ4v) is 2.48. The number of ketones is 1. The summed E-state index contributed by atoms with van der Waals surface area (Å²) in [7, 11) is 0. The van der Waals surface area contributed by atoms with Gasteiger partial charge in [-0.25, -0.2) is 4.79 Å². The van der Waals surface area contributed by atoms with Crippen molar-refractivity contribution in [3.63, 3.8) is 0 Å². The van der Waals surface area contributed by atoms with E-state index in [1.807, 2.05) is 0 Å². The van der Waals surface area contributed by atoms with E-state index in [0.717, 1.165) is 0 Å². The molecule has 6 heteroatoms. The Kier molecular flexibility index (Phi) is 4.04. The van der Waals surface area contributed by atoms with Crippen LogP contribution in [-0.4, -0.2) is 22.5 Å². The summed E-state index contributed by atoms with van der Waals surface area (Å²) in [5.74, 6) is -0.737. The van der Waals surface area contributed by atoms with Crippen LogP contribution in [0.15, 0.2) is 42.5 Å². The Morgan fingerprint density at radius 3 is 2.09 bits per heavy atom. The van der Waals surface area contributed by atoms with Gasteiger partial charge in [0.2, 0.25) is 5.60 Å². The van der Waals surface area contributed by atoms with Crippen molar-refractivity contribution in [3.05, 3.63) is 63.6 Å². The number of carbonyl (C=O) groups is 2. The van der Waals surface area contributed by atoms with Crippen molar-refractivity contribution in [1.82, 2.24) is 0 Å². The number of carboxylic acid groups (broad SMARTS) is 1. The van der Waals surface area contributed by atoms with Gasteiger partial charge in [0.15, 0.2) is 5.78 Å². The molecule has 1 fully saturated rings. The average Bonchev–Trinajstić information content (AvgIpc) is 3.31. The number of halogens is 2. The number of ether oxygens (including phenoxy) is 1. The summed E-state index contributed by atoms with van der Waals surface area (Å²) >= 11 is 11.8. The van der Waals surface area contributed by atoms with E-state index in [4.69, 9.17) is 33.0 Å². The Balaban J connectivity index is 1.77. The van der Waals surface area contributed by atoms with Gasteiger partial charge in [-0.3, -0.25) is 4.79 Å². The van der Waals surface area contributed by atoms with Gasteiger partial charge in [-0.1, -0.05) is 23.2 Å². The molecule has 0 atom stereocenters. The molecule has 0 aliphatic heterocycles. The Morgan fingerprint density at radius 1 is 0.957 bits per heavy atom. The van der Waals surface area contributed by atoms with E-state index in [1.165, 1.54) is 6.07 Å². The smallest absolute Gasteiger partial charge is 0.348 e. The maximum atomic E-state index is 12.4.